The Bertz CT molecular complexity index is 811. The number of cyclic esters (lactones) is 1. The summed E-state index contributed by atoms with van der Waals surface area (Å²) in [6.45, 7) is 1.70. The van der Waals surface area contributed by atoms with Crippen molar-refractivity contribution in [1.82, 2.24) is 0 Å². The predicted molar refractivity (Wildman–Crippen MR) is 78.6 cm³/mol. The van der Waals surface area contributed by atoms with Crippen molar-refractivity contribution in [3.8, 4) is 11.3 Å². The van der Waals surface area contributed by atoms with Gasteiger partial charge in [-0.3, -0.25) is 10.1 Å². The summed E-state index contributed by atoms with van der Waals surface area (Å²) in [5.41, 5.74) is 1.16. The molecule has 110 valence electrons. The summed E-state index contributed by atoms with van der Waals surface area (Å²) in [5, 5.41) is 10.6. The first-order valence-electron chi connectivity index (χ1n) is 6.50. The minimum atomic E-state index is -0.456. The maximum absolute atomic E-state index is 11.5. The number of nitrogens with zero attached hydrogens (tertiary/aromatic N) is 1. The Morgan fingerprint density at radius 3 is 2.45 bits per heavy atom. The molecule has 22 heavy (non-hydrogen) atoms. The molecule has 3 rings (SSSR count). The molecule has 0 saturated heterocycles. The summed E-state index contributed by atoms with van der Waals surface area (Å²) in [7, 11) is 0. The Kier molecular flexibility index (Phi) is 3.34. The van der Waals surface area contributed by atoms with E-state index in [1.54, 1.807) is 43.3 Å². The Morgan fingerprint density at radius 2 is 1.86 bits per heavy atom. The molecule has 2 aromatic rings. The molecule has 0 saturated carbocycles. The third kappa shape index (κ3) is 2.67. The molecule has 1 aromatic heterocycles. The molecule has 0 bridgehead atoms. The van der Waals surface area contributed by atoms with Crippen molar-refractivity contribution in [3.63, 3.8) is 0 Å². The van der Waals surface area contributed by atoms with Crippen LogP contribution in [0.25, 0.3) is 17.4 Å². The second kappa shape index (κ2) is 5.33. The maximum atomic E-state index is 11.5. The monoisotopic (exact) mass is 297 g/mol. The second-order valence-corrected chi connectivity index (χ2v) is 4.75. The number of non-ortho nitro benzene ring substituents is 1. The third-order valence-electron chi connectivity index (χ3n) is 3.14. The van der Waals surface area contributed by atoms with E-state index in [-0.39, 0.29) is 5.69 Å². The van der Waals surface area contributed by atoms with Crippen molar-refractivity contribution in [1.29, 1.82) is 0 Å². The SMILES string of the molecule is CC1=CC(=Cc2ccc(-c3ccc([N+](=O)[O-])cc3)o2)C(=O)O1. The molecule has 0 aliphatic carbocycles. The predicted octanol–water partition coefficient (Wildman–Crippen LogP) is 3.70. The molecule has 0 fully saturated rings. The van der Waals surface area contributed by atoms with Gasteiger partial charge >= 0.3 is 5.97 Å². The van der Waals surface area contributed by atoms with Crippen LogP contribution < -0.4 is 0 Å². The number of carbonyl (C=O) groups excluding carboxylic acids is 1. The van der Waals surface area contributed by atoms with Crippen LogP contribution in [0.5, 0.6) is 0 Å². The van der Waals surface area contributed by atoms with E-state index in [4.69, 9.17) is 9.15 Å². The van der Waals surface area contributed by atoms with Gasteiger partial charge in [0.05, 0.1) is 10.5 Å². The van der Waals surface area contributed by atoms with Crippen LogP contribution in [0.1, 0.15) is 12.7 Å². The molecule has 2 heterocycles. The lowest BCUT2D eigenvalue weighted by Crippen LogP contribution is -1.95. The lowest BCUT2D eigenvalue weighted by atomic mass is 10.1. The summed E-state index contributed by atoms with van der Waals surface area (Å²) in [6, 6.07) is 9.51. The van der Waals surface area contributed by atoms with E-state index in [0.717, 1.165) is 5.56 Å². The molecule has 1 aliphatic rings. The van der Waals surface area contributed by atoms with E-state index in [0.29, 0.717) is 22.9 Å². The summed E-state index contributed by atoms with van der Waals surface area (Å²) in [6.07, 6.45) is 3.23. The van der Waals surface area contributed by atoms with Crippen molar-refractivity contribution < 1.29 is 18.9 Å². The summed E-state index contributed by atoms with van der Waals surface area (Å²) >= 11 is 0. The largest absolute Gasteiger partial charge is 0.457 e. The number of esters is 1. The van der Waals surface area contributed by atoms with E-state index in [2.05, 4.69) is 0 Å². The van der Waals surface area contributed by atoms with Crippen LogP contribution in [-0.2, 0) is 9.53 Å². The third-order valence-corrected chi connectivity index (χ3v) is 3.14. The van der Waals surface area contributed by atoms with E-state index >= 15 is 0 Å². The smallest absolute Gasteiger partial charge is 0.343 e. The van der Waals surface area contributed by atoms with Gasteiger partial charge in [0.15, 0.2) is 0 Å². The minimum Gasteiger partial charge on any atom is -0.457 e. The van der Waals surface area contributed by atoms with Crippen LogP contribution >= 0.6 is 0 Å². The Hall–Kier alpha value is -3.15. The van der Waals surface area contributed by atoms with Crippen LogP contribution in [0, 0.1) is 10.1 Å². The van der Waals surface area contributed by atoms with Gasteiger partial charge in [0.1, 0.15) is 17.3 Å². The molecule has 1 aliphatic heterocycles. The summed E-state index contributed by atoms with van der Waals surface area (Å²) in [4.78, 5) is 21.7. The number of hydrogen-bond acceptors (Lipinski definition) is 5. The average Bonchev–Trinajstić information content (AvgIpc) is 3.06. The zero-order valence-corrected chi connectivity index (χ0v) is 11.6. The molecule has 0 spiro atoms. The number of benzene rings is 1. The summed E-state index contributed by atoms with van der Waals surface area (Å²) in [5.74, 6) is 1.20. The van der Waals surface area contributed by atoms with Crippen molar-refractivity contribution >= 4 is 17.7 Å². The molecule has 6 heteroatoms. The normalized spacial score (nSPS) is 15.8. The number of ether oxygens (including phenoxy) is 1. The lowest BCUT2D eigenvalue weighted by Gasteiger charge is -1.96. The zero-order chi connectivity index (χ0) is 15.7. The molecule has 1 aromatic carbocycles. The Balaban J connectivity index is 1.86. The topological polar surface area (TPSA) is 82.6 Å². The number of allylic oxidation sites excluding steroid dienone is 1. The molecule has 6 nitrogen and oxygen atoms in total. The van der Waals surface area contributed by atoms with Crippen LogP contribution in [0.4, 0.5) is 5.69 Å². The van der Waals surface area contributed by atoms with Gasteiger partial charge in [-0.15, -0.1) is 0 Å². The molecule has 0 radical (unpaired) electrons. The molecular formula is C16H11NO5. The summed E-state index contributed by atoms with van der Waals surface area (Å²) < 4.78 is 10.6. The standard InChI is InChI=1S/C16H11NO5/c1-10-8-12(16(18)21-10)9-14-6-7-15(22-14)11-2-4-13(5-3-11)17(19)20/h2-9H,1H3. The molecular weight excluding hydrogens is 286 g/mol. The first-order chi connectivity index (χ1) is 10.5. The molecule has 0 amide bonds. The van der Waals surface area contributed by atoms with Gasteiger partial charge < -0.3 is 9.15 Å². The fourth-order valence-electron chi connectivity index (χ4n) is 2.10. The number of rotatable bonds is 3. The highest BCUT2D eigenvalue weighted by Gasteiger charge is 2.18. The fraction of sp³-hybridized carbons (Fsp3) is 0.0625. The van der Waals surface area contributed by atoms with E-state index in [1.807, 2.05) is 0 Å². The number of nitro benzene ring substituents is 1. The van der Waals surface area contributed by atoms with Crippen LogP contribution in [0.2, 0.25) is 0 Å². The Morgan fingerprint density at radius 1 is 1.14 bits per heavy atom. The van der Waals surface area contributed by atoms with Gasteiger partial charge in [0.25, 0.3) is 5.69 Å². The highest BCUT2D eigenvalue weighted by molar-refractivity contribution is 5.99. The van der Waals surface area contributed by atoms with Crippen molar-refractivity contribution in [2.24, 2.45) is 0 Å². The highest BCUT2D eigenvalue weighted by atomic mass is 16.6. The highest BCUT2D eigenvalue weighted by Crippen LogP contribution is 2.26. The fourth-order valence-corrected chi connectivity index (χ4v) is 2.10. The van der Waals surface area contributed by atoms with E-state index in [1.165, 1.54) is 12.1 Å². The van der Waals surface area contributed by atoms with E-state index in [9.17, 15) is 14.9 Å². The van der Waals surface area contributed by atoms with Gasteiger partial charge in [-0.25, -0.2) is 4.79 Å². The number of furan rings is 1. The van der Waals surface area contributed by atoms with Crippen molar-refractivity contribution in [3.05, 3.63) is 69.7 Å². The van der Waals surface area contributed by atoms with Crippen molar-refractivity contribution in [2.75, 3.05) is 0 Å². The average molecular weight is 297 g/mol. The van der Waals surface area contributed by atoms with Crippen LogP contribution in [0.3, 0.4) is 0 Å². The Labute approximate surface area is 125 Å². The number of nitro groups is 1. The maximum Gasteiger partial charge on any atom is 0.343 e. The van der Waals surface area contributed by atoms with Crippen LogP contribution in [0.15, 0.2) is 58.2 Å². The van der Waals surface area contributed by atoms with Gasteiger partial charge in [-0.1, -0.05) is 0 Å². The minimum absolute atomic E-state index is 0.0203. The second-order valence-electron chi connectivity index (χ2n) is 4.75. The van der Waals surface area contributed by atoms with Crippen LogP contribution in [-0.4, -0.2) is 10.9 Å². The molecule has 0 unspecified atom stereocenters. The van der Waals surface area contributed by atoms with Gasteiger partial charge in [0, 0.05) is 17.7 Å². The molecule has 0 N–H and O–H groups in total. The zero-order valence-electron chi connectivity index (χ0n) is 11.6. The quantitative estimate of drug-likeness (QED) is 0.373. The lowest BCUT2D eigenvalue weighted by molar-refractivity contribution is -0.384. The van der Waals surface area contributed by atoms with Crippen molar-refractivity contribution in [2.45, 2.75) is 6.92 Å². The first-order valence-corrected chi connectivity index (χ1v) is 6.50. The number of hydrogen-bond donors (Lipinski definition) is 0. The molecule has 0 atom stereocenters. The van der Waals surface area contributed by atoms with E-state index < -0.39 is 10.9 Å². The van der Waals surface area contributed by atoms with Gasteiger partial charge in [-0.2, -0.15) is 0 Å². The first kappa shape index (κ1) is 13.8. The van der Waals surface area contributed by atoms with Gasteiger partial charge in [0.2, 0.25) is 0 Å². The number of carbonyl (C=O) groups is 1. The van der Waals surface area contributed by atoms with Gasteiger partial charge in [-0.05, 0) is 43.3 Å².